The zero-order valence-corrected chi connectivity index (χ0v) is 11.5. The molecule has 100 valence electrons. The highest BCUT2D eigenvalue weighted by Crippen LogP contribution is 2.23. The van der Waals surface area contributed by atoms with Gasteiger partial charge in [-0.2, -0.15) is 0 Å². The maximum atomic E-state index is 5.79. The van der Waals surface area contributed by atoms with Crippen molar-refractivity contribution in [3.8, 4) is 0 Å². The molecule has 0 amide bonds. The van der Waals surface area contributed by atoms with Gasteiger partial charge >= 0.3 is 0 Å². The maximum absolute atomic E-state index is 5.79. The van der Waals surface area contributed by atoms with Crippen molar-refractivity contribution in [3.63, 3.8) is 0 Å². The number of pyridine rings is 1. The number of aromatic nitrogens is 1. The summed E-state index contributed by atoms with van der Waals surface area (Å²) in [6.07, 6.45) is 4.40. The van der Waals surface area contributed by atoms with E-state index >= 15 is 0 Å². The van der Waals surface area contributed by atoms with Crippen molar-refractivity contribution >= 4 is 5.69 Å². The van der Waals surface area contributed by atoms with Crippen LogP contribution in [-0.2, 0) is 11.3 Å². The molecule has 4 heteroatoms. The number of rotatable bonds is 4. The van der Waals surface area contributed by atoms with Gasteiger partial charge in [-0.15, -0.1) is 0 Å². The number of nitrogens with zero attached hydrogens (tertiary/aromatic N) is 2. The van der Waals surface area contributed by atoms with E-state index in [1.165, 1.54) is 11.3 Å². The lowest BCUT2D eigenvalue weighted by Crippen LogP contribution is -2.46. The van der Waals surface area contributed by atoms with Gasteiger partial charge in [-0.1, -0.05) is 6.92 Å². The summed E-state index contributed by atoms with van der Waals surface area (Å²) in [5.41, 5.74) is 2.55. The molecular formula is C14H23N3O. The second-order valence-corrected chi connectivity index (χ2v) is 4.95. The number of morpholine rings is 1. The molecule has 1 aromatic heterocycles. The molecule has 0 unspecified atom stereocenters. The van der Waals surface area contributed by atoms with Gasteiger partial charge in [0, 0.05) is 43.3 Å². The highest BCUT2D eigenvalue weighted by atomic mass is 16.5. The molecule has 1 aliphatic heterocycles. The van der Waals surface area contributed by atoms with E-state index in [0.717, 1.165) is 26.2 Å². The lowest BCUT2D eigenvalue weighted by Gasteiger charge is -2.37. The predicted octanol–water partition coefficient (Wildman–Crippen LogP) is 1.80. The average Bonchev–Trinajstić information content (AvgIpc) is 2.35. The van der Waals surface area contributed by atoms with Crippen molar-refractivity contribution in [1.29, 1.82) is 0 Å². The van der Waals surface area contributed by atoms with E-state index in [9.17, 15) is 0 Å². The van der Waals surface area contributed by atoms with Gasteiger partial charge in [0.1, 0.15) is 0 Å². The Morgan fingerprint density at radius 2 is 2.11 bits per heavy atom. The molecule has 1 aromatic rings. The van der Waals surface area contributed by atoms with Crippen molar-refractivity contribution in [2.75, 3.05) is 24.5 Å². The Labute approximate surface area is 109 Å². The summed E-state index contributed by atoms with van der Waals surface area (Å²) in [5, 5.41) is 3.37. The lowest BCUT2D eigenvalue weighted by molar-refractivity contribution is -0.00527. The molecule has 0 bridgehead atoms. The Kier molecular flexibility index (Phi) is 4.55. The minimum atomic E-state index is 0.286. The Bertz CT molecular complexity index is 373. The molecule has 0 saturated carbocycles. The Hall–Kier alpha value is -1.13. The van der Waals surface area contributed by atoms with Crippen LogP contribution in [0.1, 0.15) is 26.3 Å². The fourth-order valence-electron chi connectivity index (χ4n) is 2.50. The van der Waals surface area contributed by atoms with Crippen LogP contribution in [0.25, 0.3) is 0 Å². The molecular weight excluding hydrogens is 226 g/mol. The fraction of sp³-hybridized carbons (Fsp3) is 0.643. The van der Waals surface area contributed by atoms with Gasteiger partial charge in [-0.25, -0.2) is 0 Å². The van der Waals surface area contributed by atoms with E-state index in [-0.39, 0.29) is 12.2 Å². The SMILES string of the molecule is CCNCc1cnccc1N1C[C@@H](C)O[C@@H](C)C1. The third kappa shape index (κ3) is 3.21. The van der Waals surface area contributed by atoms with E-state index in [2.05, 4.69) is 42.0 Å². The molecule has 0 radical (unpaired) electrons. The maximum Gasteiger partial charge on any atom is 0.0726 e. The number of hydrogen-bond acceptors (Lipinski definition) is 4. The van der Waals surface area contributed by atoms with Gasteiger partial charge in [0.15, 0.2) is 0 Å². The summed E-state index contributed by atoms with van der Waals surface area (Å²) in [6, 6.07) is 2.11. The van der Waals surface area contributed by atoms with Crippen LogP contribution in [-0.4, -0.2) is 36.8 Å². The molecule has 2 heterocycles. The third-order valence-corrected chi connectivity index (χ3v) is 3.20. The average molecular weight is 249 g/mol. The second-order valence-electron chi connectivity index (χ2n) is 4.95. The van der Waals surface area contributed by atoms with Crippen LogP contribution in [0.15, 0.2) is 18.5 Å². The van der Waals surface area contributed by atoms with Gasteiger partial charge in [0.25, 0.3) is 0 Å². The van der Waals surface area contributed by atoms with Crippen molar-refractivity contribution in [2.45, 2.75) is 39.5 Å². The zero-order valence-electron chi connectivity index (χ0n) is 11.5. The van der Waals surface area contributed by atoms with Crippen LogP contribution in [0.3, 0.4) is 0 Å². The first-order valence-electron chi connectivity index (χ1n) is 6.74. The summed E-state index contributed by atoms with van der Waals surface area (Å²) >= 11 is 0. The largest absolute Gasteiger partial charge is 0.372 e. The fourth-order valence-corrected chi connectivity index (χ4v) is 2.50. The Morgan fingerprint density at radius 1 is 1.39 bits per heavy atom. The smallest absolute Gasteiger partial charge is 0.0726 e. The van der Waals surface area contributed by atoms with E-state index in [0.29, 0.717) is 0 Å². The molecule has 1 aliphatic rings. The standard InChI is InChI=1S/C14H23N3O/c1-4-15-7-13-8-16-6-5-14(13)17-9-11(2)18-12(3)10-17/h5-6,8,11-12,15H,4,7,9-10H2,1-3H3/t11-,12+. The summed E-state index contributed by atoms with van der Waals surface area (Å²) in [7, 11) is 0. The normalized spacial score (nSPS) is 24.3. The summed E-state index contributed by atoms with van der Waals surface area (Å²) in [6.45, 7) is 10.1. The summed E-state index contributed by atoms with van der Waals surface area (Å²) in [5.74, 6) is 0. The van der Waals surface area contributed by atoms with E-state index in [1.807, 2.05) is 12.4 Å². The zero-order chi connectivity index (χ0) is 13.0. The first-order valence-corrected chi connectivity index (χ1v) is 6.74. The minimum Gasteiger partial charge on any atom is -0.372 e. The molecule has 0 aromatic carbocycles. The Morgan fingerprint density at radius 3 is 2.78 bits per heavy atom. The third-order valence-electron chi connectivity index (χ3n) is 3.20. The van der Waals surface area contributed by atoms with Crippen molar-refractivity contribution in [3.05, 3.63) is 24.0 Å². The lowest BCUT2D eigenvalue weighted by atomic mass is 10.1. The molecule has 4 nitrogen and oxygen atoms in total. The number of anilines is 1. The van der Waals surface area contributed by atoms with E-state index < -0.39 is 0 Å². The van der Waals surface area contributed by atoms with Crippen molar-refractivity contribution < 1.29 is 4.74 Å². The quantitative estimate of drug-likeness (QED) is 0.883. The van der Waals surface area contributed by atoms with Crippen molar-refractivity contribution in [1.82, 2.24) is 10.3 Å². The summed E-state index contributed by atoms with van der Waals surface area (Å²) in [4.78, 5) is 6.64. The number of nitrogens with one attached hydrogen (secondary N) is 1. The first kappa shape index (κ1) is 13.3. The van der Waals surface area contributed by atoms with Crippen molar-refractivity contribution in [2.24, 2.45) is 0 Å². The van der Waals surface area contributed by atoms with Crippen LogP contribution in [0.2, 0.25) is 0 Å². The molecule has 1 saturated heterocycles. The molecule has 1 fully saturated rings. The molecule has 0 spiro atoms. The Balaban J connectivity index is 2.15. The van der Waals surface area contributed by atoms with E-state index in [1.54, 1.807) is 0 Å². The van der Waals surface area contributed by atoms with Gasteiger partial charge in [0.05, 0.1) is 12.2 Å². The topological polar surface area (TPSA) is 37.4 Å². The van der Waals surface area contributed by atoms with Gasteiger partial charge < -0.3 is 15.0 Å². The molecule has 2 atom stereocenters. The van der Waals surface area contributed by atoms with Crippen LogP contribution in [0, 0.1) is 0 Å². The second kappa shape index (κ2) is 6.16. The van der Waals surface area contributed by atoms with Crippen LogP contribution >= 0.6 is 0 Å². The van der Waals surface area contributed by atoms with Gasteiger partial charge in [-0.3, -0.25) is 4.98 Å². The van der Waals surface area contributed by atoms with Gasteiger partial charge in [0.2, 0.25) is 0 Å². The molecule has 2 rings (SSSR count). The van der Waals surface area contributed by atoms with Crippen LogP contribution in [0.4, 0.5) is 5.69 Å². The van der Waals surface area contributed by atoms with E-state index in [4.69, 9.17) is 4.74 Å². The highest BCUT2D eigenvalue weighted by Gasteiger charge is 2.23. The predicted molar refractivity (Wildman–Crippen MR) is 73.8 cm³/mol. The minimum absolute atomic E-state index is 0.286. The van der Waals surface area contributed by atoms with Gasteiger partial charge in [-0.05, 0) is 26.5 Å². The highest BCUT2D eigenvalue weighted by molar-refractivity contribution is 5.52. The molecule has 1 N–H and O–H groups in total. The first-order chi connectivity index (χ1) is 8.70. The van der Waals surface area contributed by atoms with Crippen LogP contribution < -0.4 is 10.2 Å². The summed E-state index contributed by atoms with van der Waals surface area (Å²) < 4.78 is 5.79. The molecule has 18 heavy (non-hydrogen) atoms. The monoisotopic (exact) mass is 249 g/mol. The number of ether oxygens (including phenoxy) is 1. The molecule has 0 aliphatic carbocycles. The number of hydrogen-bond donors (Lipinski definition) is 1. The van der Waals surface area contributed by atoms with Crippen LogP contribution in [0.5, 0.6) is 0 Å².